The molecule has 5 nitrogen and oxygen atoms in total. The maximum atomic E-state index is 12.1. The zero-order valence-corrected chi connectivity index (χ0v) is 10.9. The van der Waals surface area contributed by atoms with Crippen molar-refractivity contribution in [3.05, 3.63) is 57.8 Å². The van der Waals surface area contributed by atoms with E-state index in [0.29, 0.717) is 0 Å². The van der Waals surface area contributed by atoms with Crippen molar-refractivity contribution in [2.75, 3.05) is 5.32 Å². The molecule has 0 bridgehead atoms. The number of amides is 1. The van der Waals surface area contributed by atoms with Gasteiger partial charge in [-0.05, 0) is 24.5 Å². The lowest BCUT2D eigenvalue weighted by Crippen LogP contribution is -2.24. The van der Waals surface area contributed by atoms with Gasteiger partial charge in [-0.1, -0.05) is 25.1 Å². The van der Waals surface area contributed by atoms with Crippen LogP contribution >= 0.6 is 0 Å². The molecule has 0 aliphatic rings. The van der Waals surface area contributed by atoms with E-state index in [1.54, 1.807) is 0 Å². The summed E-state index contributed by atoms with van der Waals surface area (Å²) in [6.07, 6.45) is 3.32. The first-order valence-corrected chi connectivity index (χ1v) is 6.06. The van der Waals surface area contributed by atoms with Crippen molar-refractivity contribution >= 4 is 11.6 Å². The van der Waals surface area contributed by atoms with Crippen LogP contribution in [0, 0.1) is 6.92 Å². The van der Waals surface area contributed by atoms with E-state index in [-0.39, 0.29) is 5.56 Å². The molecule has 0 atom stereocenters. The van der Waals surface area contributed by atoms with E-state index in [1.165, 1.54) is 12.5 Å². The Bertz CT molecular complexity index is 662. The van der Waals surface area contributed by atoms with E-state index in [9.17, 15) is 9.59 Å². The zero-order valence-electron chi connectivity index (χ0n) is 10.9. The highest BCUT2D eigenvalue weighted by molar-refractivity contribution is 6.04. The van der Waals surface area contributed by atoms with E-state index < -0.39 is 11.5 Å². The molecule has 5 heteroatoms. The summed E-state index contributed by atoms with van der Waals surface area (Å²) in [5.41, 5.74) is 2.33. The molecule has 2 rings (SSSR count). The van der Waals surface area contributed by atoms with Gasteiger partial charge in [-0.15, -0.1) is 0 Å². The van der Waals surface area contributed by atoms with Crippen LogP contribution in [-0.4, -0.2) is 15.9 Å². The number of aryl methyl sites for hydroxylation is 2. The predicted octanol–water partition coefficient (Wildman–Crippen LogP) is 1.89. The van der Waals surface area contributed by atoms with Gasteiger partial charge in [-0.25, -0.2) is 4.98 Å². The fraction of sp³-hybridized carbons (Fsp3) is 0.214. The third-order valence-corrected chi connectivity index (χ3v) is 2.94. The number of rotatable bonds is 3. The molecule has 0 aliphatic heterocycles. The van der Waals surface area contributed by atoms with Crippen molar-refractivity contribution in [3.63, 3.8) is 0 Å². The Kier molecular flexibility index (Phi) is 3.75. The first-order chi connectivity index (χ1) is 9.13. The molecule has 0 unspecified atom stereocenters. The standard InChI is InChI=1S/C14H15N3O2/c1-3-10-6-4-5-9(2)12(10)17-14(19)11-7-15-8-16-13(11)18/h4-8H,3H2,1-2H3,(H,17,19)(H,15,16,18). The molecule has 1 heterocycles. The Balaban J connectivity index is 2.35. The van der Waals surface area contributed by atoms with Crippen molar-refractivity contribution < 1.29 is 4.79 Å². The van der Waals surface area contributed by atoms with Crippen LogP contribution < -0.4 is 10.9 Å². The summed E-state index contributed by atoms with van der Waals surface area (Å²) in [6, 6.07) is 5.82. The van der Waals surface area contributed by atoms with Crippen LogP contribution in [-0.2, 0) is 6.42 Å². The second-order valence-corrected chi connectivity index (χ2v) is 4.21. The molecule has 0 radical (unpaired) electrons. The minimum absolute atomic E-state index is 0.00723. The van der Waals surface area contributed by atoms with E-state index in [2.05, 4.69) is 15.3 Å². The smallest absolute Gasteiger partial charge is 0.263 e. The fourth-order valence-electron chi connectivity index (χ4n) is 1.89. The lowest BCUT2D eigenvalue weighted by Gasteiger charge is -2.12. The Labute approximate surface area is 110 Å². The maximum absolute atomic E-state index is 12.1. The van der Waals surface area contributed by atoms with Gasteiger partial charge in [0.1, 0.15) is 5.56 Å². The zero-order chi connectivity index (χ0) is 13.8. The van der Waals surface area contributed by atoms with Crippen molar-refractivity contribution in [2.45, 2.75) is 20.3 Å². The second kappa shape index (κ2) is 5.48. The highest BCUT2D eigenvalue weighted by Crippen LogP contribution is 2.21. The molecule has 0 saturated carbocycles. The summed E-state index contributed by atoms with van der Waals surface area (Å²) in [5, 5.41) is 2.79. The molecule has 0 aliphatic carbocycles. The van der Waals surface area contributed by atoms with E-state index in [0.717, 1.165) is 23.2 Å². The van der Waals surface area contributed by atoms with Crippen molar-refractivity contribution in [2.24, 2.45) is 0 Å². The number of hydrogen-bond acceptors (Lipinski definition) is 3. The van der Waals surface area contributed by atoms with Crippen LogP contribution in [0.1, 0.15) is 28.4 Å². The van der Waals surface area contributed by atoms with E-state index in [4.69, 9.17) is 0 Å². The molecule has 2 N–H and O–H groups in total. The Morgan fingerprint density at radius 3 is 2.89 bits per heavy atom. The lowest BCUT2D eigenvalue weighted by atomic mass is 10.1. The van der Waals surface area contributed by atoms with Crippen molar-refractivity contribution in [3.8, 4) is 0 Å². The van der Waals surface area contributed by atoms with Crippen LogP contribution in [0.15, 0.2) is 35.5 Å². The molecule has 2 aromatic rings. The monoisotopic (exact) mass is 257 g/mol. The topological polar surface area (TPSA) is 74.8 Å². The summed E-state index contributed by atoms with van der Waals surface area (Å²) in [4.78, 5) is 29.8. The second-order valence-electron chi connectivity index (χ2n) is 4.21. The number of anilines is 1. The fourth-order valence-corrected chi connectivity index (χ4v) is 1.89. The molecule has 1 amide bonds. The van der Waals surface area contributed by atoms with Crippen LogP contribution in [0.5, 0.6) is 0 Å². The molecule has 19 heavy (non-hydrogen) atoms. The molecule has 1 aromatic heterocycles. The summed E-state index contributed by atoms with van der Waals surface area (Å²) in [7, 11) is 0. The number of H-pyrrole nitrogens is 1. The number of para-hydroxylation sites is 1. The first-order valence-electron chi connectivity index (χ1n) is 6.06. The summed E-state index contributed by atoms with van der Waals surface area (Å²) < 4.78 is 0. The summed E-state index contributed by atoms with van der Waals surface area (Å²) in [6.45, 7) is 3.93. The number of benzene rings is 1. The predicted molar refractivity (Wildman–Crippen MR) is 73.4 cm³/mol. The van der Waals surface area contributed by atoms with Crippen LogP contribution in [0.2, 0.25) is 0 Å². The number of carbonyl (C=O) groups excluding carboxylic acids is 1. The molecule has 98 valence electrons. The number of carbonyl (C=O) groups is 1. The minimum Gasteiger partial charge on any atom is -0.321 e. The van der Waals surface area contributed by atoms with Gasteiger partial charge in [0.15, 0.2) is 0 Å². The minimum atomic E-state index is -0.446. The van der Waals surface area contributed by atoms with Gasteiger partial charge >= 0.3 is 0 Å². The Hall–Kier alpha value is -2.43. The van der Waals surface area contributed by atoms with E-state index >= 15 is 0 Å². The number of nitrogens with one attached hydrogen (secondary N) is 2. The third-order valence-electron chi connectivity index (χ3n) is 2.94. The summed E-state index contributed by atoms with van der Waals surface area (Å²) in [5.74, 6) is -0.446. The SMILES string of the molecule is CCc1cccc(C)c1NC(=O)c1cnc[nH]c1=O. The largest absolute Gasteiger partial charge is 0.321 e. The maximum Gasteiger partial charge on any atom is 0.263 e. The number of hydrogen-bond donors (Lipinski definition) is 2. The molecule has 0 saturated heterocycles. The van der Waals surface area contributed by atoms with Gasteiger partial charge in [0.2, 0.25) is 0 Å². The highest BCUT2D eigenvalue weighted by Gasteiger charge is 2.13. The van der Waals surface area contributed by atoms with Crippen molar-refractivity contribution in [1.29, 1.82) is 0 Å². The number of aromatic amines is 1. The van der Waals surface area contributed by atoms with Gasteiger partial charge in [0.25, 0.3) is 11.5 Å². The molecular formula is C14H15N3O2. The van der Waals surface area contributed by atoms with E-state index in [1.807, 2.05) is 32.0 Å². The van der Waals surface area contributed by atoms with Gasteiger partial charge in [0, 0.05) is 11.9 Å². The highest BCUT2D eigenvalue weighted by atomic mass is 16.2. The lowest BCUT2D eigenvalue weighted by molar-refractivity contribution is 0.102. The van der Waals surface area contributed by atoms with Gasteiger partial charge in [-0.2, -0.15) is 0 Å². The van der Waals surface area contributed by atoms with Crippen molar-refractivity contribution in [1.82, 2.24) is 9.97 Å². The van der Waals surface area contributed by atoms with Crippen LogP contribution in [0.3, 0.4) is 0 Å². The Morgan fingerprint density at radius 2 is 2.21 bits per heavy atom. The van der Waals surface area contributed by atoms with Gasteiger partial charge in [0.05, 0.1) is 6.33 Å². The van der Waals surface area contributed by atoms with Gasteiger partial charge in [-0.3, -0.25) is 9.59 Å². The van der Waals surface area contributed by atoms with Crippen LogP contribution in [0.4, 0.5) is 5.69 Å². The number of aromatic nitrogens is 2. The quantitative estimate of drug-likeness (QED) is 0.881. The van der Waals surface area contributed by atoms with Gasteiger partial charge < -0.3 is 10.3 Å². The molecule has 1 aromatic carbocycles. The van der Waals surface area contributed by atoms with Crippen LogP contribution in [0.25, 0.3) is 0 Å². The average Bonchev–Trinajstić information content (AvgIpc) is 2.41. The number of nitrogens with zero attached hydrogens (tertiary/aromatic N) is 1. The molecular weight excluding hydrogens is 242 g/mol. The summed E-state index contributed by atoms with van der Waals surface area (Å²) >= 11 is 0. The molecule has 0 fully saturated rings. The third kappa shape index (κ3) is 2.70. The molecule has 0 spiro atoms. The normalized spacial score (nSPS) is 10.2. The first kappa shape index (κ1) is 13.0. The Morgan fingerprint density at radius 1 is 1.42 bits per heavy atom. The average molecular weight is 257 g/mol.